The van der Waals surface area contributed by atoms with Crippen molar-refractivity contribution < 1.29 is 4.42 Å². The van der Waals surface area contributed by atoms with Gasteiger partial charge in [-0.1, -0.05) is 18.2 Å². The first-order chi connectivity index (χ1) is 11.7. The van der Waals surface area contributed by atoms with E-state index in [1.54, 1.807) is 6.07 Å². The van der Waals surface area contributed by atoms with Gasteiger partial charge in [-0.3, -0.25) is 0 Å². The third-order valence-electron chi connectivity index (χ3n) is 4.18. The summed E-state index contributed by atoms with van der Waals surface area (Å²) in [6, 6.07) is 11.5. The first-order valence-electron chi connectivity index (χ1n) is 7.87. The van der Waals surface area contributed by atoms with E-state index in [2.05, 4.69) is 32.7 Å². The van der Waals surface area contributed by atoms with Gasteiger partial charge in [-0.2, -0.15) is 0 Å². The Balaban J connectivity index is 1.63. The lowest BCUT2D eigenvalue weighted by Gasteiger charge is -2.26. The Hall–Kier alpha value is -3.13. The van der Waals surface area contributed by atoms with E-state index in [1.807, 2.05) is 30.5 Å². The van der Waals surface area contributed by atoms with Gasteiger partial charge in [0.2, 0.25) is 5.89 Å². The monoisotopic (exact) mass is 316 g/mol. The van der Waals surface area contributed by atoms with Gasteiger partial charge in [0.1, 0.15) is 11.6 Å². The normalized spacial score (nSPS) is 13.4. The summed E-state index contributed by atoms with van der Waals surface area (Å²) in [5, 5.41) is 0. The molecule has 0 spiro atoms. The van der Waals surface area contributed by atoms with Crippen LogP contribution in [0.25, 0.3) is 16.3 Å². The molecule has 1 aromatic carbocycles. The van der Waals surface area contributed by atoms with Gasteiger partial charge in [0, 0.05) is 24.7 Å². The molecule has 5 nitrogen and oxygen atoms in total. The summed E-state index contributed by atoms with van der Waals surface area (Å²) in [4.78, 5) is 14.8. The van der Waals surface area contributed by atoms with E-state index >= 15 is 0 Å². The highest BCUT2D eigenvalue weighted by atomic mass is 16.4. The number of aromatic nitrogens is 2. The van der Waals surface area contributed by atoms with Gasteiger partial charge in [-0.25, -0.2) is 14.8 Å². The van der Waals surface area contributed by atoms with Gasteiger partial charge in [-0.05, 0) is 30.7 Å². The molecule has 0 N–H and O–H groups in total. The predicted octanol–water partition coefficient (Wildman–Crippen LogP) is 4.16. The highest BCUT2D eigenvalue weighted by molar-refractivity contribution is 5.62. The van der Waals surface area contributed by atoms with Crippen molar-refractivity contribution in [1.29, 1.82) is 0 Å². The van der Waals surface area contributed by atoms with E-state index < -0.39 is 0 Å². The maximum atomic E-state index is 7.13. The van der Waals surface area contributed by atoms with Crippen LogP contribution in [-0.2, 0) is 13.0 Å². The maximum absolute atomic E-state index is 7.13. The second-order valence-electron chi connectivity index (χ2n) is 5.91. The molecule has 0 aliphatic carbocycles. The van der Waals surface area contributed by atoms with Crippen molar-refractivity contribution in [2.75, 3.05) is 11.4 Å². The van der Waals surface area contributed by atoms with Crippen molar-refractivity contribution in [3.63, 3.8) is 0 Å². The zero-order chi connectivity index (χ0) is 16.5. The molecule has 4 rings (SSSR count). The number of fused-ring (bicyclic) bond motifs is 1. The molecular formula is C19H16N4O. The number of hydrogen-bond acceptors (Lipinski definition) is 4. The second-order valence-corrected chi connectivity index (χ2v) is 5.91. The van der Waals surface area contributed by atoms with Crippen LogP contribution in [0.5, 0.6) is 0 Å². The molecule has 5 heteroatoms. The minimum atomic E-state index is 0.588. The SMILES string of the molecule is [C-]#[N+]c1cccc(-c2nc3c(o2)CN(c2cc(C)ccn2)CC3)c1. The van der Waals surface area contributed by atoms with Crippen molar-refractivity contribution >= 4 is 11.5 Å². The van der Waals surface area contributed by atoms with Crippen LogP contribution < -0.4 is 4.90 Å². The van der Waals surface area contributed by atoms with Crippen LogP contribution in [0, 0.1) is 13.5 Å². The molecule has 118 valence electrons. The summed E-state index contributed by atoms with van der Waals surface area (Å²) in [6.07, 6.45) is 2.67. The van der Waals surface area contributed by atoms with Gasteiger partial charge >= 0.3 is 0 Å². The number of pyridine rings is 1. The van der Waals surface area contributed by atoms with Crippen LogP contribution in [0.2, 0.25) is 0 Å². The minimum absolute atomic E-state index is 0.588. The van der Waals surface area contributed by atoms with Crippen molar-refractivity contribution in [2.45, 2.75) is 19.9 Å². The molecule has 0 fully saturated rings. The third-order valence-corrected chi connectivity index (χ3v) is 4.18. The van der Waals surface area contributed by atoms with Gasteiger partial charge in [0.05, 0.1) is 18.8 Å². The Morgan fingerprint density at radius 1 is 1.25 bits per heavy atom. The average molecular weight is 316 g/mol. The number of anilines is 1. The van der Waals surface area contributed by atoms with Crippen LogP contribution in [0.4, 0.5) is 11.5 Å². The third kappa shape index (κ3) is 2.63. The van der Waals surface area contributed by atoms with E-state index in [0.717, 1.165) is 35.8 Å². The number of aryl methyl sites for hydroxylation is 1. The van der Waals surface area contributed by atoms with Crippen LogP contribution in [0.3, 0.4) is 0 Å². The van der Waals surface area contributed by atoms with Crippen LogP contribution >= 0.6 is 0 Å². The Morgan fingerprint density at radius 2 is 2.17 bits per heavy atom. The van der Waals surface area contributed by atoms with Crippen molar-refractivity contribution in [1.82, 2.24) is 9.97 Å². The lowest BCUT2D eigenvalue weighted by atomic mass is 10.1. The molecule has 0 amide bonds. The molecule has 1 aliphatic heterocycles. The summed E-state index contributed by atoms with van der Waals surface area (Å²) in [5.74, 6) is 2.44. The average Bonchev–Trinajstić information content (AvgIpc) is 3.05. The molecule has 3 heterocycles. The van der Waals surface area contributed by atoms with Crippen molar-refractivity contribution in [3.05, 3.63) is 71.0 Å². The summed E-state index contributed by atoms with van der Waals surface area (Å²) in [7, 11) is 0. The van der Waals surface area contributed by atoms with Gasteiger partial charge in [0.15, 0.2) is 5.69 Å². The lowest BCUT2D eigenvalue weighted by molar-refractivity contribution is 0.494. The van der Waals surface area contributed by atoms with E-state index in [0.29, 0.717) is 18.1 Å². The standard InChI is InChI=1S/C19H16N4O/c1-13-6-8-21-18(10-13)23-9-7-16-17(12-23)24-19(22-16)14-4-3-5-15(11-14)20-2/h3-6,8,10-11H,7,9,12H2,1H3. The largest absolute Gasteiger partial charge is 0.439 e. The Bertz CT molecular complexity index is 939. The van der Waals surface area contributed by atoms with Crippen LogP contribution in [0.15, 0.2) is 47.0 Å². The molecule has 0 saturated heterocycles. The summed E-state index contributed by atoms with van der Waals surface area (Å²) in [6.45, 7) is 10.7. The molecule has 0 saturated carbocycles. The minimum Gasteiger partial charge on any atom is -0.439 e. The predicted molar refractivity (Wildman–Crippen MR) is 91.9 cm³/mol. The molecule has 3 aromatic rings. The van der Waals surface area contributed by atoms with E-state index in [9.17, 15) is 0 Å². The molecule has 0 radical (unpaired) electrons. The zero-order valence-corrected chi connectivity index (χ0v) is 13.4. The number of hydrogen-bond donors (Lipinski definition) is 0. The quantitative estimate of drug-likeness (QED) is 0.666. The van der Waals surface area contributed by atoms with Crippen LogP contribution in [-0.4, -0.2) is 16.5 Å². The molecule has 0 atom stereocenters. The van der Waals surface area contributed by atoms with E-state index in [1.165, 1.54) is 5.56 Å². The van der Waals surface area contributed by atoms with Crippen molar-refractivity contribution in [3.8, 4) is 11.5 Å². The zero-order valence-electron chi connectivity index (χ0n) is 13.4. The first kappa shape index (κ1) is 14.5. The number of oxazole rings is 1. The Kier molecular flexibility index (Phi) is 3.51. The number of nitrogens with zero attached hydrogens (tertiary/aromatic N) is 4. The first-order valence-corrected chi connectivity index (χ1v) is 7.87. The van der Waals surface area contributed by atoms with Crippen LogP contribution in [0.1, 0.15) is 17.0 Å². The Morgan fingerprint density at radius 3 is 3.00 bits per heavy atom. The summed E-state index contributed by atoms with van der Waals surface area (Å²) in [5.41, 5.74) is 3.63. The molecule has 0 unspecified atom stereocenters. The van der Waals surface area contributed by atoms with Crippen molar-refractivity contribution in [2.24, 2.45) is 0 Å². The fourth-order valence-electron chi connectivity index (χ4n) is 2.92. The molecule has 24 heavy (non-hydrogen) atoms. The van der Waals surface area contributed by atoms with Gasteiger partial charge in [0.25, 0.3) is 0 Å². The fourth-order valence-corrected chi connectivity index (χ4v) is 2.92. The van der Waals surface area contributed by atoms with Gasteiger partial charge < -0.3 is 9.32 Å². The number of benzene rings is 1. The van der Waals surface area contributed by atoms with E-state index in [-0.39, 0.29) is 0 Å². The second kappa shape index (κ2) is 5.82. The topological polar surface area (TPSA) is 46.5 Å². The highest BCUT2D eigenvalue weighted by Crippen LogP contribution is 2.29. The van der Waals surface area contributed by atoms with E-state index in [4.69, 9.17) is 11.0 Å². The fraction of sp³-hybridized carbons (Fsp3) is 0.211. The Labute approximate surface area is 140 Å². The summed E-state index contributed by atoms with van der Waals surface area (Å²) < 4.78 is 5.99. The van der Waals surface area contributed by atoms with Gasteiger partial charge in [-0.15, -0.1) is 0 Å². The molecule has 2 aromatic heterocycles. The lowest BCUT2D eigenvalue weighted by Crippen LogP contribution is -2.30. The molecular weight excluding hydrogens is 300 g/mol. The number of rotatable bonds is 2. The maximum Gasteiger partial charge on any atom is 0.225 e. The smallest absolute Gasteiger partial charge is 0.225 e. The molecule has 1 aliphatic rings. The summed E-state index contributed by atoms with van der Waals surface area (Å²) >= 11 is 0. The highest BCUT2D eigenvalue weighted by Gasteiger charge is 2.23. The molecule has 0 bridgehead atoms.